The standard InChI is InChI=1S/C10H13NO3S/c1-14-9-5-11(4-8(9)13)10-3-2-7(6-12)15-10/h2-3,6,8-9,13H,4-5H2,1H3/t8-,9-/m1/s1. The average Bonchev–Trinajstić information content (AvgIpc) is 2.83. The van der Waals surface area contributed by atoms with Gasteiger partial charge in [-0.2, -0.15) is 0 Å². The molecule has 2 heterocycles. The molecule has 4 nitrogen and oxygen atoms in total. The van der Waals surface area contributed by atoms with Crippen molar-refractivity contribution in [1.82, 2.24) is 0 Å². The van der Waals surface area contributed by atoms with Gasteiger partial charge in [0.25, 0.3) is 0 Å². The van der Waals surface area contributed by atoms with E-state index in [0.29, 0.717) is 18.0 Å². The molecular formula is C10H13NO3S. The second-order valence-corrected chi connectivity index (χ2v) is 4.63. The molecule has 0 aliphatic carbocycles. The third kappa shape index (κ3) is 2.04. The van der Waals surface area contributed by atoms with Crippen LogP contribution in [0.5, 0.6) is 0 Å². The Morgan fingerprint density at radius 2 is 2.40 bits per heavy atom. The van der Waals surface area contributed by atoms with Crippen molar-refractivity contribution in [3.8, 4) is 0 Å². The Balaban J connectivity index is 2.09. The zero-order valence-electron chi connectivity index (χ0n) is 8.42. The van der Waals surface area contributed by atoms with Crippen molar-refractivity contribution in [2.75, 3.05) is 25.1 Å². The van der Waals surface area contributed by atoms with E-state index >= 15 is 0 Å². The van der Waals surface area contributed by atoms with Gasteiger partial charge in [-0.05, 0) is 12.1 Å². The molecule has 1 saturated heterocycles. The summed E-state index contributed by atoms with van der Waals surface area (Å²) in [5.74, 6) is 0. The van der Waals surface area contributed by atoms with E-state index < -0.39 is 6.10 Å². The number of anilines is 1. The maximum Gasteiger partial charge on any atom is 0.160 e. The molecule has 1 N–H and O–H groups in total. The van der Waals surface area contributed by atoms with Crippen LogP contribution in [0.25, 0.3) is 0 Å². The monoisotopic (exact) mass is 227 g/mol. The number of thiophene rings is 1. The first-order valence-electron chi connectivity index (χ1n) is 4.75. The summed E-state index contributed by atoms with van der Waals surface area (Å²) in [6, 6.07) is 3.69. The smallest absolute Gasteiger partial charge is 0.160 e. The van der Waals surface area contributed by atoms with Gasteiger partial charge in [0, 0.05) is 20.2 Å². The van der Waals surface area contributed by atoms with E-state index in [9.17, 15) is 9.90 Å². The van der Waals surface area contributed by atoms with Gasteiger partial charge in [0.15, 0.2) is 6.29 Å². The van der Waals surface area contributed by atoms with Crippen molar-refractivity contribution in [1.29, 1.82) is 0 Å². The maximum atomic E-state index is 10.5. The summed E-state index contributed by atoms with van der Waals surface area (Å²) in [4.78, 5) is 13.3. The predicted molar refractivity (Wildman–Crippen MR) is 58.7 cm³/mol. The summed E-state index contributed by atoms with van der Waals surface area (Å²) in [5, 5.41) is 10.7. The highest BCUT2D eigenvalue weighted by atomic mass is 32.1. The highest BCUT2D eigenvalue weighted by Gasteiger charge is 2.31. The normalized spacial score (nSPS) is 25.9. The van der Waals surface area contributed by atoms with Gasteiger partial charge in [-0.15, -0.1) is 11.3 Å². The van der Waals surface area contributed by atoms with Crippen LogP contribution in [0, 0.1) is 0 Å². The summed E-state index contributed by atoms with van der Waals surface area (Å²) in [6.07, 6.45) is 0.262. The zero-order chi connectivity index (χ0) is 10.8. The van der Waals surface area contributed by atoms with Gasteiger partial charge in [0.05, 0.1) is 16.0 Å². The lowest BCUT2D eigenvalue weighted by molar-refractivity contribution is 0.0217. The zero-order valence-corrected chi connectivity index (χ0v) is 9.24. The molecule has 1 aliphatic heterocycles. The van der Waals surface area contributed by atoms with Crippen LogP contribution in [0.1, 0.15) is 9.67 Å². The molecule has 2 rings (SSSR count). The number of aliphatic hydroxyl groups is 1. The Labute approximate surface area is 92.1 Å². The Hall–Kier alpha value is -0.910. The molecule has 1 fully saturated rings. The lowest BCUT2D eigenvalue weighted by Crippen LogP contribution is -2.25. The van der Waals surface area contributed by atoms with Gasteiger partial charge in [0.1, 0.15) is 6.10 Å². The summed E-state index contributed by atoms with van der Waals surface area (Å²) in [5.41, 5.74) is 0. The molecule has 0 unspecified atom stereocenters. The topological polar surface area (TPSA) is 49.8 Å². The molecule has 0 amide bonds. The molecule has 0 saturated carbocycles. The number of ether oxygens (including phenoxy) is 1. The summed E-state index contributed by atoms with van der Waals surface area (Å²) >= 11 is 1.44. The number of hydrogen-bond acceptors (Lipinski definition) is 5. The Bertz CT molecular complexity index is 352. The van der Waals surface area contributed by atoms with Crippen LogP contribution in [-0.2, 0) is 4.74 Å². The maximum absolute atomic E-state index is 10.5. The van der Waals surface area contributed by atoms with Crippen molar-refractivity contribution >= 4 is 22.6 Å². The lowest BCUT2D eigenvalue weighted by Gasteiger charge is -2.14. The molecule has 0 bridgehead atoms. The van der Waals surface area contributed by atoms with Gasteiger partial charge >= 0.3 is 0 Å². The van der Waals surface area contributed by atoms with Crippen LogP contribution in [0.3, 0.4) is 0 Å². The number of carbonyl (C=O) groups is 1. The fourth-order valence-corrected chi connectivity index (χ4v) is 2.58. The number of aldehydes is 1. The molecule has 0 aromatic carbocycles. The molecule has 0 spiro atoms. The summed E-state index contributed by atoms with van der Waals surface area (Å²) < 4.78 is 5.15. The molecule has 82 valence electrons. The second kappa shape index (κ2) is 4.30. The van der Waals surface area contributed by atoms with Crippen LogP contribution >= 0.6 is 11.3 Å². The fraction of sp³-hybridized carbons (Fsp3) is 0.500. The Morgan fingerprint density at radius 1 is 1.60 bits per heavy atom. The molecule has 1 aliphatic rings. The quantitative estimate of drug-likeness (QED) is 0.774. The first kappa shape index (κ1) is 10.6. The van der Waals surface area contributed by atoms with E-state index in [1.165, 1.54) is 11.3 Å². The van der Waals surface area contributed by atoms with E-state index in [2.05, 4.69) is 0 Å². The number of carbonyl (C=O) groups excluding carboxylic acids is 1. The molecule has 1 aromatic heterocycles. The van der Waals surface area contributed by atoms with Crippen LogP contribution in [0.4, 0.5) is 5.00 Å². The molecule has 15 heavy (non-hydrogen) atoms. The molecule has 2 atom stereocenters. The second-order valence-electron chi connectivity index (χ2n) is 3.54. The van der Waals surface area contributed by atoms with Gasteiger partial charge in [0.2, 0.25) is 0 Å². The minimum Gasteiger partial charge on any atom is -0.388 e. The summed E-state index contributed by atoms with van der Waals surface area (Å²) in [7, 11) is 1.60. The number of β-amino-alcohol motifs (C(OH)–C–C–N with tert-alkyl or cyclic N) is 1. The molecule has 5 heteroatoms. The number of rotatable bonds is 3. The van der Waals surface area contributed by atoms with E-state index in [0.717, 1.165) is 11.3 Å². The average molecular weight is 227 g/mol. The van der Waals surface area contributed by atoms with Crippen LogP contribution < -0.4 is 4.90 Å². The van der Waals surface area contributed by atoms with Crippen molar-refractivity contribution in [2.45, 2.75) is 12.2 Å². The van der Waals surface area contributed by atoms with Gasteiger partial charge in [-0.3, -0.25) is 4.79 Å². The highest BCUT2D eigenvalue weighted by Crippen LogP contribution is 2.28. The van der Waals surface area contributed by atoms with E-state index in [4.69, 9.17) is 4.74 Å². The Morgan fingerprint density at radius 3 is 2.93 bits per heavy atom. The predicted octanol–water partition coefficient (Wildman–Crippen LogP) is 0.756. The highest BCUT2D eigenvalue weighted by molar-refractivity contribution is 7.17. The minimum atomic E-state index is -0.447. The molecular weight excluding hydrogens is 214 g/mol. The SMILES string of the molecule is CO[C@@H]1CN(c2ccc(C=O)s2)C[C@H]1O. The number of methoxy groups -OCH3 is 1. The number of nitrogens with zero attached hydrogens (tertiary/aromatic N) is 1. The lowest BCUT2D eigenvalue weighted by atomic mass is 10.3. The van der Waals surface area contributed by atoms with E-state index in [1.54, 1.807) is 13.2 Å². The molecule has 0 radical (unpaired) electrons. The minimum absolute atomic E-state index is 0.133. The van der Waals surface area contributed by atoms with Crippen molar-refractivity contribution in [2.24, 2.45) is 0 Å². The number of aliphatic hydroxyl groups excluding tert-OH is 1. The number of hydrogen-bond donors (Lipinski definition) is 1. The summed E-state index contributed by atoms with van der Waals surface area (Å²) in [6.45, 7) is 1.24. The van der Waals surface area contributed by atoms with Crippen molar-refractivity contribution < 1.29 is 14.6 Å². The largest absolute Gasteiger partial charge is 0.388 e. The Kier molecular flexibility index (Phi) is 3.04. The fourth-order valence-electron chi connectivity index (χ4n) is 1.74. The van der Waals surface area contributed by atoms with Gasteiger partial charge in [-0.1, -0.05) is 0 Å². The van der Waals surface area contributed by atoms with Gasteiger partial charge in [-0.25, -0.2) is 0 Å². The van der Waals surface area contributed by atoms with Crippen LogP contribution in [0.15, 0.2) is 12.1 Å². The van der Waals surface area contributed by atoms with Crippen molar-refractivity contribution in [3.05, 3.63) is 17.0 Å². The van der Waals surface area contributed by atoms with E-state index in [-0.39, 0.29) is 6.10 Å². The third-order valence-corrected chi connectivity index (χ3v) is 3.65. The molecule has 1 aromatic rings. The van der Waals surface area contributed by atoms with Gasteiger partial charge < -0.3 is 14.7 Å². The first-order chi connectivity index (χ1) is 7.24. The van der Waals surface area contributed by atoms with E-state index in [1.807, 2.05) is 11.0 Å². The first-order valence-corrected chi connectivity index (χ1v) is 5.57. The third-order valence-electron chi connectivity index (χ3n) is 2.58. The van der Waals surface area contributed by atoms with Crippen molar-refractivity contribution in [3.63, 3.8) is 0 Å². The van der Waals surface area contributed by atoms with Crippen LogP contribution in [-0.4, -0.2) is 43.8 Å². The van der Waals surface area contributed by atoms with Crippen LogP contribution in [0.2, 0.25) is 0 Å².